The Morgan fingerprint density at radius 3 is 2.74 bits per heavy atom. The predicted octanol–water partition coefficient (Wildman–Crippen LogP) is 2.44. The molecule has 0 atom stereocenters. The lowest BCUT2D eigenvalue weighted by molar-refractivity contribution is 0.0623. The second-order valence-corrected chi connectivity index (χ2v) is 6.61. The van der Waals surface area contributed by atoms with Crippen molar-refractivity contribution in [3.8, 4) is 5.75 Å². The number of hydrogen-bond donors (Lipinski definition) is 0. The molecule has 0 radical (unpaired) electrons. The van der Waals surface area contributed by atoms with Crippen molar-refractivity contribution >= 4 is 11.6 Å². The van der Waals surface area contributed by atoms with E-state index in [1.54, 1.807) is 4.90 Å². The van der Waals surface area contributed by atoms with Gasteiger partial charge in [0.05, 0.1) is 18.4 Å². The number of methoxy groups -OCH3 is 1. The van der Waals surface area contributed by atoms with Crippen LogP contribution in [0.5, 0.6) is 5.75 Å². The molecule has 0 N–H and O–H groups in total. The predicted molar refractivity (Wildman–Crippen MR) is 99.3 cm³/mol. The molecule has 3 aromatic rings. The average molecular weight is 368 g/mol. The van der Waals surface area contributed by atoms with E-state index in [2.05, 4.69) is 9.88 Å². The van der Waals surface area contributed by atoms with Crippen LogP contribution in [-0.4, -0.2) is 58.4 Å². The van der Waals surface area contributed by atoms with Crippen LogP contribution >= 0.6 is 0 Å². The molecule has 0 bridgehead atoms. The van der Waals surface area contributed by atoms with Crippen LogP contribution in [0.3, 0.4) is 0 Å². The van der Waals surface area contributed by atoms with Gasteiger partial charge < -0.3 is 14.0 Å². The minimum atomic E-state index is -0.440. The number of fused-ring (bicyclic) bond motifs is 1. The lowest BCUT2D eigenvalue weighted by atomic mass is 10.1. The summed E-state index contributed by atoms with van der Waals surface area (Å²) in [5.41, 5.74) is 2.21. The zero-order chi connectivity index (χ0) is 18.8. The third-order valence-electron chi connectivity index (χ3n) is 4.85. The van der Waals surface area contributed by atoms with Gasteiger partial charge in [0, 0.05) is 45.1 Å². The zero-order valence-electron chi connectivity index (χ0n) is 15.1. The molecule has 0 spiro atoms. The van der Waals surface area contributed by atoms with Crippen LogP contribution in [-0.2, 0) is 6.54 Å². The molecule has 3 heterocycles. The summed E-state index contributed by atoms with van der Waals surface area (Å²) in [7, 11) is 1.48. The smallest absolute Gasteiger partial charge is 0.257 e. The number of carbonyl (C=O) groups is 1. The van der Waals surface area contributed by atoms with Gasteiger partial charge in [0.1, 0.15) is 17.2 Å². The highest BCUT2D eigenvalue weighted by molar-refractivity contribution is 5.97. The fraction of sp³-hybridized carbons (Fsp3) is 0.300. The SMILES string of the molecule is COc1ccc(F)cc1C(=O)N1CCN(Cc2cn3ccccc3n2)CC1. The van der Waals surface area contributed by atoms with Gasteiger partial charge in [-0.3, -0.25) is 9.69 Å². The lowest BCUT2D eigenvalue weighted by Crippen LogP contribution is -2.48. The molecular formula is C20H21FN4O2. The molecule has 1 saturated heterocycles. The second-order valence-electron chi connectivity index (χ2n) is 6.61. The van der Waals surface area contributed by atoms with E-state index in [0.717, 1.165) is 31.0 Å². The van der Waals surface area contributed by atoms with E-state index in [-0.39, 0.29) is 11.5 Å². The number of nitrogens with zero attached hydrogens (tertiary/aromatic N) is 4. The van der Waals surface area contributed by atoms with Gasteiger partial charge in [-0.25, -0.2) is 9.37 Å². The molecule has 2 aromatic heterocycles. The summed E-state index contributed by atoms with van der Waals surface area (Å²) < 4.78 is 20.8. The number of benzene rings is 1. The number of imidazole rings is 1. The van der Waals surface area contributed by atoms with Gasteiger partial charge in [-0.1, -0.05) is 6.07 Å². The first-order valence-electron chi connectivity index (χ1n) is 8.92. The highest BCUT2D eigenvalue weighted by Gasteiger charge is 2.25. The maximum Gasteiger partial charge on any atom is 0.257 e. The zero-order valence-corrected chi connectivity index (χ0v) is 15.1. The Labute approximate surface area is 156 Å². The van der Waals surface area contributed by atoms with E-state index < -0.39 is 5.82 Å². The quantitative estimate of drug-likeness (QED) is 0.710. The van der Waals surface area contributed by atoms with Gasteiger partial charge in [-0.15, -0.1) is 0 Å². The first-order chi connectivity index (χ1) is 13.1. The van der Waals surface area contributed by atoms with E-state index in [1.165, 1.54) is 25.3 Å². The molecule has 1 fully saturated rings. The first kappa shape index (κ1) is 17.5. The number of hydrogen-bond acceptors (Lipinski definition) is 4. The van der Waals surface area contributed by atoms with Crippen molar-refractivity contribution in [1.29, 1.82) is 0 Å². The van der Waals surface area contributed by atoms with Gasteiger partial charge in [-0.05, 0) is 30.3 Å². The standard InChI is InChI=1S/C20H21FN4O2/c1-27-18-6-5-15(21)12-17(18)20(26)24-10-8-23(9-11-24)13-16-14-25-7-3-2-4-19(25)22-16/h2-7,12,14H,8-11,13H2,1H3. The van der Waals surface area contributed by atoms with Crippen LogP contribution in [0.1, 0.15) is 16.1 Å². The Hall–Kier alpha value is -2.93. The molecule has 7 heteroatoms. The van der Waals surface area contributed by atoms with Crippen molar-refractivity contribution in [3.63, 3.8) is 0 Å². The van der Waals surface area contributed by atoms with Crippen LogP contribution in [0, 0.1) is 5.82 Å². The van der Waals surface area contributed by atoms with Crippen molar-refractivity contribution < 1.29 is 13.9 Å². The van der Waals surface area contributed by atoms with Crippen molar-refractivity contribution in [1.82, 2.24) is 19.2 Å². The summed E-state index contributed by atoms with van der Waals surface area (Å²) in [6.45, 7) is 3.42. The van der Waals surface area contributed by atoms with Crippen LogP contribution in [0.15, 0.2) is 48.8 Å². The van der Waals surface area contributed by atoms with E-state index in [4.69, 9.17) is 4.74 Å². The molecule has 1 aromatic carbocycles. The number of carbonyl (C=O) groups excluding carboxylic acids is 1. The van der Waals surface area contributed by atoms with Crippen LogP contribution in [0.2, 0.25) is 0 Å². The molecule has 0 aliphatic carbocycles. The summed E-state index contributed by atoms with van der Waals surface area (Å²) in [5, 5.41) is 0. The maximum absolute atomic E-state index is 13.6. The first-order valence-corrected chi connectivity index (χ1v) is 8.92. The van der Waals surface area contributed by atoms with Gasteiger partial charge >= 0.3 is 0 Å². The molecule has 0 saturated carbocycles. The minimum absolute atomic E-state index is 0.196. The van der Waals surface area contributed by atoms with Crippen molar-refractivity contribution in [2.24, 2.45) is 0 Å². The molecular weight excluding hydrogens is 347 g/mol. The molecule has 1 aliphatic rings. The average Bonchev–Trinajstić information content (AvgIpc) is 3.10. The number of amides is 1. The Morgan fingerprint density at radius 2 is 2.00 bits per heavy atom. The van der Waals surface area contributed by atoms with E-state index in [0.29, 0.717) is 18.8 Å². The van der Waals surface area contributed by atoms with Gasteiger partial charge in [0.25, 0.3) is 5.91 Å². The van der Waals surface area contributed by atoms with Gasteiger partial charge in [-0.2, -0.15) is 0 Å². The number of piperazine rings is 1. The minimum Gasteiger partial charge on any atom is -0.496 e. The van der Waals surface area contributed by atoms with Gasteiger partial charge in [0.2, 0.25) is 0 Å². The third kappa shape index (κ3) is 3.64. The number of ether oxygens (including phenoxy) is 1. The molecule has 4 rings (SSSR count). The summed E-state index contributed by atoms with van der Waals surface area (Å²) in [6, 6.07) is 9.95. The topological polar surface area (TPSA) is 50.1 Å². The fourth-order valence-corrected chi connectivity index (χ4v) is 3.42. The van der Waals surface area contributed by atoms with Gasteiger partial charge in [0.15, 0.2) is 0 Å². The Kier molecular flexibility index (Phi) is 4.77. The van der Waals surface area contributed by atoms with E-state index >= 15 is 0 Å². The van der Waals surface area contributed by atoms with Crippen LogP contribution < -0.4 is 4.74 Å². The van der Waals surface area contributed by atoms with E-state index in [1.807, 2.05) is 35.0 Å². The molecule has 1 amide bonds. The second kappa shape index (κ2) is 7.36. The fourth-order valence-electron chi connectivity index (χ4n) is 3.42. The largest absolute Gasteiger partial charge is 0.496 e. The highest BCUT2D eigenvalue weighted by Crippen LogP contribution is 2.22. The third-order valence-corrected chi connectivity index (χ3v) is 4.85. The van der Waals surface area contributed by atoms with Crippen LogP contribution in [0.25, 0.3) is 5.65 Å². The maximum atomic E-state index is 13.6. The molecule has 0 unspecified atom stereocenters. The van der Waals surface area contributed by atoms with Crippen molar-refractivity contribution in [2.45, 2.75) is 6.54 Å². The molecule has 140 valence electrons. The summed E-state index contributed by atoms with van der Waals surface area (Å²) in [4.78, 5) is 21.4. The summed E-state index contributed by atoms with van der Waals surface area (Å²) in [6.07, 6.45) is 4.01. The van der Waals surface area contributed by atoms with E-state index in [9.17, 15) is 9.18 Å². The molecule has 6 nitrogen and oxygen atoms in total. The molecule has 27 heavy (non-hydrogen) atoms. The highest BCUT2D eigenvalue weighted by atomic mass is 19.1. The number of halogens is 1. The molecule has 1 aliphatic heterocycles. The lowest BCUT2D eigenvalue weighted by Gasteiger charge is -2.34. The monoisotopic (exact) mass is 368 g/mol. The Bertz CT molecular complexity index is 931. The summed E-state index contributed by atoms with van der Waals surface area (Å²) >= 11 is 0. The Balaban J connectivity index is 1.40. The number of pyridine rings is 1. The summed E-state index contributed by atoms with van der Waals surface area (Å²) in [5.74, 6) is -0.239. The normalized spacial score (nSPS) is 15.3. The Morgan fingerprint density at radius 1 is 1.19 bits per heavy atom. The number of rotatable bonds is 4. The van der Waals surface area contributed by atoms with Crippen molar-refractivity contribution in [2.75, 3.05) is 33.3 Å². The van der Waals surface area contributed by atoms with Crippen molar-refractivity contribution in [3.05, 3.63) is 65.9 Å². The number of aromatic nitrogens is 2. The van der Waals surface area contributed by atoms with Crippen LogP contribution in [0.4, 0.5) is 4.39 Å².